The van der Waals surface area contributed by atoms with E-state index in [0.717, 1.165) is 41.2 Å². The van der Waals surface area contributed by atoms with E-state index in [-0.39, 0.29) is 10.8 Å². The second-order valence-electron chi connectivity index (χ2n) is 8.67. The number of nitrogens with one attached hydrogen (secondary N) is 2. The number of rotatable bonds is 1. The molecular weight excluding hydrogens is 322 g/mol. The van der Waals surface area contributed by atoms with Crippen LogP contribution in [0.4, 0.5) is 0 Å². The van der Waals surface area contributed by atoms with Crippen LogP contribution in [0.5, 0.6) is 0 Å². The first kappa shape index (κ1) is 15.9. The molecule has 0 unspecified atom stereocenters. The van der Waals surface area contributed by atoms with Crippen molar-refractivity contribution in [1.82, 2.24) is 25.3 Å². The molecule has 5 rings (SSSR count). The van der Waals surface area contributed by atoms with Gasteiger partial charge in [-0.2, -0.15) is 0 Å². The van der Waals surface area contributed by atoms with E-state index in [1.807, 2.05) is 6.92 Å². The monoisotopic (exact) mass is 347 g/mol. The molecule has 1 aromatic carbocycles. The van der Waals surface area contributed by atoms with Gasteiger partial charge in [-0.15, -0.1) is 0 Å². The summed E-state index contributed by atoms with van der Waals surface area (Å²) in [6, 6.07) is 5.14. The number of piperidine rings is 1. The van der Waals surface area contributed by atoms with Crippen LogP contribution < -0.4 is 5.32 Å². The third kappa shape index (κ3) is 2.04. The van der Waals surface area contributed by atoms with E-state index in [4.69, 9.17) is 4.98 Å². The predicted octanol–water partition coefficient (Wildman–Crippen LogP) is 3.53. The molecule has 0 saturated carbocycles. The minimum Gasteiger partial charge on any atom is -0.337 e. The highest BCUT2D eigenvalue weighted by Gasteiger charge is 2.53. The Hall–Kier alpha value is -2.27. The summed E-state index contributed by atoms with van der Waals surface area (Å²) in [5.74, 6) is 0.792. The molecular formula is C21H25N5. The number of aromatic nitrogens is 4. The van der Waals surface area contributed by atoms with Crippen molar-refractivity contribution in [2.24, 2.45) is 5.41 Å². The topological polar surface area (TPSA) is 66.5 Å². The van der Waals surface area contributed by atoms with Crippen LogP contribution in [0.2, 0.25) is 0 Å². The molecule has 26 heavy (non-hydrogen) atoms. The van der Waals surface area contributed by atoms with Crippen LogP contribution in [0.1, 0.15) is 44.0 Å². The summed E-state index contributed by atoms with van der Waals surface area (Å²) >= 11 is 0. The molecule has 5 heteroatoms. The molecule has 2 aromatic heterocycles. The Morgan fingerprint density at radius 1 is 1.12 bits per heavy atom. The van der Waals surface area contributed by atoms with Gasteiger partial charge in [0.15, 0.2) is 5.82 Å². The minimum absolute atomic E-state index is 0.180. The summed E-state index contributed by atoms with van der Waals surface area (Å²) in [5, 5.41) is 3.74. The summed E-state index contributed by atoms with van der Waals surface area (Å²) < 4.78 is 0. The van der Waals surface area contributed by atoms with Gasteiger partial charge in [0, 0.05) is 17.7 Å². The average Bonchev–Trinajstić information content (AvgIpc) is 3.00. The van der Waals surface area contributed by atoms with Crippen molar-refractivity contribution in [1.29, 1.82) is 0 Å². The van der Waals surface area contributed by atoms with Gasteiger partial charge in [0.25, 0.3) is 0 Å². The Kier molecular flexibility index (Phi) is 3.15. The van der Waals surface area contributed by atoms with Gasteiger partial charge in [-0.05, 0) is 55.0 Å². The van der Waals surface area contributed by atoms with Crippen molar-refractivity contribution < 1.29 is 0 Å². The second-order valence-corrected chi connectivity index (χ2v) is 8.67. The average molecular weight is 347 g/mol. The lowest BCUT2D eigenvalue weighted by molar-refractivity contribution is 0.0561. The predicted molar refractivity (Wildman–Crippen MR) is 103 cm³/mol. The van der Waals surface area contributed by atoms with Gasteiger partial charge in [-0.1, -0.05) is 20.8 Å². The van der Waals surface area contributed by atoms with Crippen LogP contribution in [0, 0.1) is 12.3 Å². The number of hydrogen-bond donors (Lipinski definition) is 2. The van der Waals surface area contributed by atoms with Crippen LogP contribution in [-0.2, 0) is 11.8 Å². The normalized spacial score (nSPS) is 26.7. The van der Waals surface area contributed by atoms with E-state index in [1.165, 1.54) is 17.5 Å². The van der Waals surface area contributed by atoms with Gasteiger partial charge in [-0.3, -0.25) is 4.98 Å². The van der Waals surface area contributed by atoms with E-state index < -0.39 is 0 Å². The maximum Gasteiger partial charge on any atom is 0.158 e. The lowest BCUT2D eigenvalue weighted by Crippen LogP contribution is -2.62. The van der Waals surface area contributed by atoms with Gasteiger partial charge in [-0.25, -0.2) is 9.97 Å². The van der Waals surface area contributed by atoms with Crippen molar-refractivity contribution in [2.45, 2.75) is 52.0 Å². The van der Waals surface area contributed by atoms with Gasteiger partial charge in [0.05, 0.1) is 22.9 Å². The lowest BCUT2D eigenvalue weighted by Gasteiger charge is -2.57. The van der Waals surface area contributed by atoms with Crippen LogP contribution in [0.3, 0.4) is 0 Å². The molecule has 5 nitrogen and oxygen atoms in total. The Morgan fingerprint density at radius 3 is 2.73 bits per heavy atom. The molecule has 2 atom stereocenters. The quantitative estimate of drug-likeness (QED) is 0.707. The molecule has 134 valence electrons. The summed E-state index contributed by atoms with van der Waals surface area (Å²) in [4.78, 5) is 17.1. The maximum atomic E-state index is 4.80. The molecule has 0 radical (unpaired) electrons. The fraction of sp³-hybridized carbons (Fsp3) is 0.476. The van der Waals surface area contributed by atoms with Crippen LogP contribution in [0.15, 0.2) is 24.5 Å². The highest BCUT2D eigenvalue weighted by molar-refractivity contribution is 5.81. The lowest BCUT2D eigenvalue weighted by atomic mass is 9.51. The van der Waals surface area contributed by atoms with Crippen molar-refractivity contribution in [3.63, 3.8) is 0 Å². The van der Waals surface area contributed by atoms with E-state index >= 15 is 0 Å². The number of hydrogen-bond acceptors (Lipinski definition) is 4. The zero-order valence-corrected chi connectivity index (χ0v) is 15.8. The molecule has 0 spiro atoms. The Balaban J connectivity index is 1.68. The molecule has 2 aliphatic rings. The smallest absolute Gasteiger partial charge is 0.158 e. The third-order valence-electron chi connectivity index (χ3n) is 7.06. The van der Waals surface area contributed by atoms with Crippen molar-refractivity contribution >= 4 is 11.0 Å². The third-order valence-corrected chi connectivity index (χ3v) is 7.06. The molecule has 1 saturated heterocycles. The fourth-order valence-corrected chi connectivity index (χ4v) is 4.91. The molecule has 2 N–H and O–H groups in total. The molecule has 2 bridgehead atoms. The SMILES string of the molecule is Cc1cnc(-c2nc3cc4c(cc3[nH]2)[C@]2(C)CCN[C@H](C4)C2(C)C)cn1. The summed E-state index contributed by atoms with van der Waals surface area (Å²) in [6.07, 6.45) is 5.81. The first-order valence-electron chi connectivity index (χ1n) is 9.44. The fourth-order valence-electron chi connectivity index (χ4n) is 4.91. The number of fused-ring (bicyclic) bond motifs is 5. The zero-order chi connectivity index (χ0) is 18.1. The first-order valence-corrected chi connectivity index (χ1v) is 9.44. The molecule has 1 aliphatic heterocycles. The minimum atomic E-state index is 0.180. The number of aromatic amines is 1. The standard InChI is InChI=1S/C21H25N5/c1-12-10-24-17(11-23-12)19-25-15-7-13-8-18-20(2,3)21(4,5-6-22-18)14(13)9-16(15)26-19/h7,9-11,18,22H,5-6,8H2,1-4H3,(H,25,26)/t18-,21+/m1/s1. The summed E-state index contributed by atoms with van der Waals surface area (Å²) in [7, 11) is 0. The van der Waals surface area contributed by atoms with Crippen molar-refractivity contribution in [3.05, 3.63) is 41.3 Å². The number of benzene rings is 1. The largest absolute Gasteiger partial charge is 0.337 e. The number of H-pyrrole nitrogens is 1. The first-order chi connectivity index (χ1) is 12.4. The number of aryl methyl sites for hydroxylation is 1. The van der Waals surface area contributed by atoms with E-state index in [1.54, 1.807) is 12.4 Å². The highest BCUT2D eigenvalue weighted by atomic mass is 15.0. The van der Waals surface area contributed by atoms with Gasteiger partial charge in [0.2, 0.25) is 0 Å². The Morgan fingerprint density at radius 2 is 1.96 bits per heavy atom. The van der Waals surface area contributed by atoms with Gasteiger partial charge in [0.1, 0.15) is 5.69 Å². The van der Waals surface area contributed by atoms with Gasteiger partial charge >= 0.3 is 0 Å². The van der Waals surface area contributed by atoms with E-state index in [9.17, 15) is 0 Å². The van der Waals surface area contributed by atoms with E-state index in [2.05, 4.69) is 53.2 Å². The number of imidazole rings is 1. The maximum absolute atomic E-state index is 4.80. The van der Waals surface area contributed by atoms with E-state index in [0.29, 0.717) is 6.04 Å². The molecule has 1 fully saturated rings. The number of nitrogens with zero attached hydrogens (tertiary/aromatic N) is 3. The Labute approximate surface area is 153 Å². The second kappa shape index (κ2) is 5.13. The van der Waals surface area contributed by atoms with Crippen molar-refractivity contribution in [2.75, 3.05) is 6.54 Å². The molecule has 3 aromatic rings. The van der Waals surface area contributed by atoms with Crippen LogP contribution >= 0.6 is 0 Å². The van der Waals surface area contributed by atoms with Crippen LogP contribution in [-0.4, -0.2) is 32.5 Å². The van der Waals surface area contributed by atoms with Gasteiger partial charge < -0.3 is 10.3 Å². The highest BCUT2D eigenvalue weighted by Crippen LogP contribution is 2.54. The molecule has 3 heterocycles. The van der Waals surface area contributed by atoms with Crippen molar-refractivity contribution in [3.8, 4) is 11.5 Å². The zero-order valence-electron chi connectivity index (χ0n) is 15.8. The van der Waals surface area contributed by atoms with Crippen LogP contribution in [0.25, 0.3) is 22.6 Å². The summed E-state index contributed by atoms with van der Waals surface area (Å²) in [5.41, 5.74) is 7.14. The molecule has 1 aliphatic carbocycles. The Bertz CT molecular complexity index is 1000. The summed E-state index contributed by atoms with van der Waals surface area (Å²) in [6.45, 7) is 10.3. The molecule has 0 amide bonds.